The molecule has 0 bridgehead atoms. The van der Waals surface area contributed by atoms with Crippen LogP contribution in [-0.4, -0.2) is 55.6 Å². The van der Waals surface area contributed by atoms with Crippen molar-refractivity contribution in [3.63, 3.8) is 0 Å². The Morgan fingerprint density at radius 3 is 2.52 bits per heavy atom. The summed E-state index contributed by atoms with van der Waals surface area (Å²) in [5, 5.41) is 4.39. The van der Waals surface area contributed by atoms with Gasteiger partial charge in [-0.2, -0.15) is 4.98 Å². The van der Waals surface area contributed by atoms with Gasteiger partial charge in [-0.25, -0.2) is 4.98 Å². The van der Waals surface area contributed by atoms with Gasteiger partial charge in [-0.05, 0) is 32.6 Å². The molecule has 0 atom stereocenters. The zero-order chi connectivity index (χ0) is 15.2. The van der Waals surface area contributed by atoms with E-state index in [1.807, 2.05) is 18.2 Å². The van der Waals surface area contributed by atoms with E-state index in [4.69, 9.17) is 4.98 Å². The maximum atomic E-state index is 4.70. The minimum atomic E-state index is 0.710. The average molecular weight is 287 g/mol. The van der Waals surface area contributed by atoms with E-state index in [-0.39, 0.29) is 0 Å². The third kappa shape index (κ3) is 4.04. The average Bonchev–Trinajstić information content (AvgIpc) is 2.49. The van der Waals surface area contributed by atoms with E-state index in [1.165, 1.54) is 0 Å². The van der Waals surface area contributed by atoms with E-state index >= 15 is 0 Å². The summed E-state index contributed by atoms with van der Waals surface area (Å²) in [6, 6.07) is 8.18. The highest BCUT2D eigenvalue weighted by atomic mass is 15.2. The molecule has 1 aromatic heterocycles. The molecule has 21 heavy (non-hydrogen) atoms. The summed E-state index contributed by atoms with van der Waals surface area (Å²) in [4.78, 5) is 13.7. The van der Waals surface area contributed by atoms with Crippen molar-refractivity contribution in [1.82, 2.24) is 14.9 Å². The van der Waals surface area contributed by atoms with Crippen LogP contribution in [0.25, 0.3) is 10.9 Å². The van der Waals surface area contributed by atoms with Crippen LogP contribution in [0.3, 0.4) is 0 Å². The highest BCUT2D eigenvalue weighted by molar-refractivity contribution is 5.90. The SMILES string of the molecule is CCCNc1nc(N(C)CCN(C)C)c2ccccc2n1. The number of hydrogen-bond donors (Lipinski definition) is 1. The van der Waals surface area contributed by atoms with Gasteiger partial charge in [0.1, 0.15) is 5.82 Å². The fraction of sp³-hybridized carbons (Fsp3) is 0.500. The Hall–Kier alpha value is -1.88. The fourth-order valence-corrected chi connectivity index (χ4v) is 2.12. The molecule has 0 amide bonds. The summed E-state index contributed by atoms with van der Waals surface area (Å²) in [7, 11) is 6.25. The van der Waals surface area contributed by atoms with Crippen molar-refractivity contribution in [1.29, 1.82) is 0 Å². The molecule has 5 nitrogen and oxygen atoms in total. The van der Waals surface area contributed by atoms with E-state index in [2.05, 4.69) is 54.2 Å². The summed E-state index contributed by atoms with van der Waals surface area (Å²) in [6.07, 6.45) is 1.06. The predicted octanol–water partition coefficient (Wildman–Crippen LogP) is 2.45. The second-order valence-electron chi connectivity index (χ2n) is 5.54. The Balaban J connectivity index is 2.34. The molecule has 0 radical (unpaired) electrons. The number of nitrogens with one attached hydrogen (secondary N) is 1. The van der Waals surface area contributed by atoms with E-state index < -0.39 is 0 Å². The Labute approximate surface area is 127 Å². The van der Waals surface area contributed by atoms with E-state index in [1.54, 1.807) is 0 Å². The van der Waals surface area contributed by atoms with Crippen molar-refractivity contribution in [3.8, 4) is 0 Å². The lowest BCUT2D eigenvalue weighted by atomic mass is 10.2. The van der Waals surface area contributed by atoms with Gasteiger partial charge in [0.25, 0.3) is 0 Å². The molecule has 0 saturated heterocycles. The lowest BCUT2D eigenvalue weighted by molar-refractivity contribution is 0.416. The van der Waals surface area contributed by atoms with Crippen molar-refractivity contribution in [3.05, 3.63) is 24.3 Å². The zero-order valence-electron chi connectivity index (χ0n) is 13.4. The van der Waals surface area contributed by atoms with E-state index in [9.17, 15) is 0 Å². The van der Waals surface area contributed by atoms with Crippen molar-refractivity contribution in [2.24, 2.45) is 0 Å². The Morgan fingerprint density at radius 1 is 1.05 bits per heavy atom. The van der Waals surface area contributed by atoms with E-state index in [0.29, 0.717) is 5.95 Å². The number of likely N-dealkylation sites (N-methyl/N-ethyl adjacent to an activating group) is 2. The van der Waals surface area contributed by atoms with Gasteiger partial charge in [0.15, 0.2) is 0 Å². The molecule has 0 fully saturated rings. The van der Waals surface area contributed by atoms with Crippen LogP contribution >= 0.6 is 0 Å². The van der Waals surface area contributed by atoms with Gasteiger partial charge in [0.2, 0.25) is 5.95 Å². The minimum Gasteiger partial charge on any atom is -0.358 e. The molecule has 114 valence electrons. The monoisotopic (exact) mass is 287 g/mol. The summed E-state index contributed by atoms with van der Waals surface area (Å²) in [6.45, 7) is 4.95. The molecule has 0 spiro atoms. The van der Waals surface area contributed by atoms with Gasteiger partial charge in [-0.1, -0.05) is 19.1 Å². The van der Waals surface area contributed by atoms with Crippen molar-refractivity contribution < 1.29 is 0 Å². The smallest absolute Gasteiger partial charge is 0.225 e. The maximum absolute atomic E-state index is 4.70. The van der Waals surface area contributed by atoms with Crippen LogP contribution in [0.15, 0.2) is 24.3 Å². The van der Waals surface area contributed by atoms with Gasteiger partial charge >= 0.3 is 0 Å². The summed E-state index contributed by atoms with van der Waals surface area (Å²) < 4.78 is 0. The largest absolute Gasteiger partial charge is 0.358 e. The van der Waals surface area contributed by atoms with Gasteiger partial charge in [0, 0.05) is 32.1 Å². The van der Waals surface area contributed by atoms with Crippen LogP contribution in [0, 0.1) is 0 Å². The third-order valence-corrected chi connectivity index (χ3v) is 3.36. The molecular formula is C16H25N5. The third-order valence-electron chi connectivity index (χ3n) is 3.36. The topological polar surface area (TPSA) is 44.3 Å². The first-order chi connectivity index (χ1) is 10.1. The first kappa shape index (κ1) is 15.5. The molecule has 1 aromatic carbocycles. The zero-order valence-corrected chi connectivity index (χ0v) is 13.4. The number of benzene rings is 1. The van der Waals surface area contributed by atoms with Crippen molar-refractivity contribution in [2.75, 3.05) is 51.0 Å². The van der Waals surface area contributed by atoms with Gasteiger partial charge in [0.05, 0.1) is 5.52 Å². The highest BCUT2D eigenvalue weighted by Gasteiger charge is 2.11. The minimum absolute atomic E-state index is 0.710. The van der Waals surface area contributed by atoms with Gasteiger partial charge < -0.3 is 15.1 Å². The molecular weight excluding hydrogens is 262 g/mol. The second-order valence-corrected chi connectivity index (χ2v) is 5.54. The van der Waals surface area contributed by atoms with Crippen LogP contribution in [0.4, 0.5) is 11.8 Å². The second kappa shape index (κ2) is 7.22. The van der Waals surface area contributed by atoms with Crippen LogP contribution < -0.4 is 10.2 Å². The quantitative estimate of drug-likeness (QED) is 0.847. The summed E-state index contributed by atoms with van der Waals surface area (Å²) in [5.41, 5.74) is 0.984. The normalized spacial score (nSPS) is 11.1. The first-order valence-electron chi connectivity index (χ1n) is 7.48. The number of nitrogens with zero attached hydrogens (tertiary/aromatic N) is 4. The molecule has 0 aliphatic rings. The van der Waals surface area contributed by atoms with Crippen molar-refractivity contribution >= 4 is 22.7 Å². The van der Waals surface area contributed by atoms with Crippen LogP contribution in [0.2, 0.25) is 0 Å². The standard InChI is InChI=1S/C16H25N5/c1-5-10-17-16-18-14-9-7-6-8-13(14)15(19-16)21(4)12-11-20(2)3/h6-9H,5,10-12H2,1-4H3,(H,17,18,19). The first-order valence-corrected chi connectivity index (χ1v) is 7.48. The molecule has 0 aliphatic carbocycles. The van der Waals surface area contributed by atoms with Crippen molar-refractivity contribution in [2.45, 2.75) is 13.3 Å². The van der Waals surface area contributed by atoms with Crippen LogP contribution in [0.1, 0.15) is 13.3 Å². The predicted molar refractivity (Wildman–Crippen MR) is 90.1 cm³/mol. The molecule has 0 aliphatic heterocycles. The molecule has 1 N–H and O–H groups in total. The Kier molecular flexibility index (Phi) is 5.33. The molecule has 1 heterocycles. The molecule has 0 unspecified atom stereocenters. The Morgan fingerprint density at radius 2 is 1.81 bits per heavy atom. The number of anilines is 2. The Bertz CT molecular complexity index is 582. The van der Waals surface area contributed by atoms with Gasteiger partial charge in [-0.3, -0.25) is 0 Å². The lowest BCUT2D eigenvalue weighted by Gasteiger charge is -2.22. The fourth-order valence-electron chi connectivity index (χ4n) is 2.12. The van der Waals surface area contributed by atoms with E-state index in [0.717, 1.165) is 42.8 Å². The molecule has 5 heteroatoms. The number of aromatic nitrogens is 2. The molecule has 2 rings (SSSR count). The summed E-state index contributed by atoms with van der Waals surface area (Å²) >= 11 is 0. The van der Waals surface area contributed by atoms with Crippen LogP contribution in [0.5, 0.6) is 0 Å². The van der Waals surface area contributed by atoms with Gasteiger partial charge in [-0.15, -0.1) is 0 Å². The number of para-hydroxylation sites is 1. The maximum Gasteiger partial charge on any atom is 0.225 e. The summed E-state index contributed by atoms with van der Waals surface area (Å²) in [5.74, 6) is 1.70. The number of fused-ring (bicyclic) bond motifs is 1. The lowest BCUT2D eigenvalue weighted by Crippen LogP contribution is -2.29. The molecule has 2 aromatic rings. The van der Waals surface area contributed by atoms with Crippen LogP contribution in [-0.2, 0) is 0 Å². The number of rotatable bonds is 7. The highest BCUT2D eigenvalue weighted by Crippen LogP contribution is 2.24. The number of hydrogen-bond acceptors (Lipinski definition) is 5. The molecule has 0 saturated carbocycles.